The SMILES string of the molecule is Cc1ccc2cc(C#CC(C)C)ccc2c1-c1c(O)ccc2cc(C#CC(C)(C)C)ccc12. The van der Waals surface area contributed by atoms with Crippen molar-refractivity contribution in [1.82, 2.24) is 0 Å². The molecular weight excluding hydrogens is 400 g/mol. The fraction of sp³-hybridized carbons (Fsp3) is 0.250. The van der Waals surface area contributed by atoms with Gasteiger partial charge in [-0.3, -0.25) is 0 Å². The predicted octanol–water partition coefficient (Wildman–Crippen LogP) is 8.08. The zero-order valence-corrected chi connectivity index (χ0v) is 20.3. The van der Waals surface area contributed by atoms with Crippen LogP contribution in [0, 0.1) is 41.9 Å². The Hall–Kier alpha value is -3.68. The van der Waals surface area contributed by atoms with Crippen molar-refractivity contribution in [3.05, 3.63) is 77.4 Å². The van der Waals surface area contributed by atoms with Crippen LogP contribution in [0.2, 0.25) is 0 Å². The molecular formula is C32H30O. The second-order valence-corrected chi connectivity index (χ2v) is 10.0. The third-order valence-corrected chi connectivity index (χ3v) is 5.56. The molecule has 0 aliphatic heterocycles. The second kappa shape index (κ2) is 8.69. The minimum atomic E-state index is -0.0481. The zero-order valence-electron chi connectivity index (χ0n) is 20.3. The van der Waals surface area contributed by atoms with E-state index in [-0.39, 0.29) is 11.2 Å². The molecule has 1 nitrogen and oxygen atoms in total. The average molecular weight is 431 g/mol. The lowest BCUT2D eigenvalue weighted by molar-refractivity contribution is 0.478. The lowest BCUT2D eigenvalue weighted by Crippen LogP contribution is -1.99. The molecule has 0 aromatic heterocycles. The molecule has 0 saturated heterocycles. The van der Waals surface area contributed by atoms with Crippen molar-refractivity contribution < 1.29 is 5.11 Å². The van der Waals surface area contributed by atoms with Crippen molar-refractivity contribution in [2.24, 2.45) is 11.3 Å². The summed E-state index contributed by atoms with van der Waals surface area (Å²) in [4.78, 5) is 0. The van der Waals surface area contributed by atoms with Crippen molar-refractivity contribution in [2.45, 2.75) is 41.5 Å². The summed E-state index contributed by atoms with van der Waals surface area (Å²) in [6, 6.07) is 20.6. The van der Waals surface area contributed by atoms with E-state index in [0.29, 0.717) is 5.92 Å². The molecule has 33 heavy (non-hydrogen) atoms. The molecule has 0 bridgehead atoms. The van der Waals surface area contributed by atoms with Crippen molar-refractivity contribution >= 4 is 21.5 Å². The fourth-order valence-corrected chi connectivity index (χ4v) is 3.99. The number of phenols is 1. The Morgan fingerprint density at radius 3 is 1.91 bits per heavy atom. The molecule has 0 radical (unpaired) electrons. The van der Waals surface area contributed by atoms with Gasteiger partial charge in [-0.05, 0) is 90.7 Å². The first-order valence-electron chi connectivity index (χ1n) is 11.5. The third-order valence-electron chi connectivity index (χ3n) is 5.56. The first-order chi connectivity index (χ1) is 15.6. The summed E-state index contributed by atoms with van der Waals surface area (Å²) in [5.41, 5.74) is 5.00. The molecule has 0 fully saturated rings. The maximum atomic E-state index is 11.0. The van der Waals surface area contributed by atoms with Gasteiger partial charge in [0.15, 0.2) is 0 Å². The molecule has 0 spiro atoms. The summed E-state index contributed by atoms with van der Waals surface area (Å²) >= 11 is 0. The smallest absolute Gasteiger partial charge is 0.124 e. The Labute approximate surface area is 197 Å². The number of fused-ring (bicyclic) bond motifs is 2. The Bertz CT molecular complexity index is 1490. The van der Waals surface area contributed by atoms with Gasteiger partial charge >= 0.3 is 0 Å². The predicted molar refractivity (Wildman–Crippen MR) is 141 cm³/mol. The van der Waals surface area contributed by atoms with Gasteiger partial charge in [-0.15, -0.1) is 0 Å². The van der Waals surface area contributed by atoms with E-state index in [1.54, 1.807) is 6.07 Å². The van der Waals surface area contributed by atoms with Gasteiger partial charge in [-0.25, -0.2) is 0 Å². The maximum absolute atomic E-state index is 11.0. The van der Waals surface area contributed by atoms with Gasteiger partial charge in [0.05, 0.1) is 0 Å². The molecule has 0 aliphatic carbocycles. The van der Waals surface area contributed by atoms with E-state index in [0.717, 1.165) is 49.4 Å². The van der Waals surface area contributed by atoms with Crippen molar-refractivity contribution in [3.8, 4) is 40.6 Å². The highest BCUT2D eigenvalue weighted by Crippen LogP contribution is 2.42. The van der Waals surface area contributed by atoms with Gasteiger partial charge in [0.1, 0.15) is 5.75 Å². The van der Waals surface area contributed by atoms with Gasteiger partial charge < -0.3 is 5.11 Å². The molecule has 0 aliphatic rings. The summed E-state index contributed by atoms with van der Waals surface area (Å²) < 4.78 is 0. The number of hydrogen-bond donors (Lipinski definition) is 1. The lowest BCUT2D eigenvalue weighted by Gasteiger charge is -2.15. The van der Waals surface area contributed by atoms with Crippen LogP contribution in [0.5, 0.6) is 5.75 Å². The highest BCUT2D eigenvalue weighted by Gasteiger charge is 2.15. The summed E-state index contributed by atoms with van der Waals surface area (Å²) in [5.74, 6) is 13.7. The van der Waals surface area contributed by atoms with Crippen LogP contribution < -0.4 is 0 Å². The second-order valence-electron chi connectivity index (χ2n) is 10.0. The van der Waals surface area contributed by atoms with Crippen molar-refractivity contribution in [3.63, 3.8) is 0 Å². The van der Waals surface area contributed by atoms with E-state index < -0.39 is 0 Å². The topological polar surface area (TPSA) is 20.2 Å². The summed E-state index contributed by atoms with van der Waals surface area (Å²) in [5, 5.41) is 15.3. The molecule has 0 saturated carbocycles. The number of rotatable bonds is 1. The molecule has 1 N–H and O–H groups in total. The maximum Gasteiger partial charge on any atom is 0.124 e. The normalized spacial score (nSPS) is 11.2. The number of hydrogen-bond acceptors (Lipinski definition) is 1. The van der Waals surface area contributed by atoms with E-state index in [1.807, 2.05) is 12.1 Å². The molecule has 4 rings (SSSR count). The molecule has 0 amide bonds. The first kappa shape index (κ1) is 22.5. The number of benzene rings is 4. The Kier molecular flexibility index (Phi) is 5.93. The summed E-state index contributed by atoms with van der Waals surface area (Å²) in [7, 11) is 0. The van der Waals surface area contributed by atoms with E-state index in [1.165, 1.54) is 0 Å². The monoisotopic (exact) mass is 430 g/mol. The van der Waals surface area contributed by atoms with Gasteiger partial charge in [-0.2, -0.15) is 0 Å². The Morgan fingerprint density at radius 1 is 0.727 bits per heavy atom. The van der Waals surface area contributed by atoms with Gasteiger partial charge in [0.25, 0.3) is 0 Å². The third kappa shape index (κ3) is 4.89. The van der Waals surface area contributed by atoms with Crippen molar-refractivity contribution in [1.29, 1.82) is 0 Å². The van der Waals surface area contributed by atoms with E-state index in [9.17, 15) is 5.11 Å². The van der Waals surface area contributed by atoms with Crippen LogP contribution in [0.3, 0.4) is 0 Å². The molecule has 1 heteroatoms. The minimum absolute atomic E-state index is 0.0481. The quantitative estimate of drug-likeness (QED) is 0.303. The lowest BCUT2D eigenvalue weighted by atomic mass is 9.89. The fourth-order valence-electron chi connectivity index (χ4n) is 3.99. The standard InChI is InChI=1S/C32H30O/c1-21(2)7-9-23-10-14-27-25(19-23)12-8-22(3)30(27)31-28-15-11-24(17-18-32(4,5)6)20-26(28)13-16-29(31)33/h8,10-16,19-21,33H,1-6H3. The average Bonchev–Trinajstić information content (AvgIpc) is 2.76. The number of phenolic OH excluding ortho intramolecular Hbond substituents is 1. The zero-order chi connectivity index (χ0) is 23.8. The molecule has 0 atom stereocenters. The van der Waals surface area contributed by atoms with E-state index in [2.05, 4.69) is 108 Å². The summed E-state index contributed by atoms with van der Waals surface area (Å²) in [6.45, 7) is 12.6. The highest BCUT2D eigenvalue weighted by atomic mass is 16.3. The Morgan fingerprint density at radius 2 is 1.30 bits per heavy atom. The molecule has 0 unspecified atom stereocenters. The highest BCUT2D eigenvalue weighted by molar-refractivity contribution is 6.09. The van der Waals surface area contributed by atoms with Gasteiger partial charge in [0.2, 0.25) is 0 Å². The summed E-state index contributed by atoms with van der Waals surface area (Å²) in [6.07, 6.45) is 0. The first-order valence-corrected chi connectivity index (χ1v) is 11.5. The van der Waals surface area contributed by atoms with Gasteiger partial charge in [0, 0.05) is 28.0 Å². The van der Waals surface area contributed by atoms with Crippen LogP contribution >= 0.6 is 0 Å². The molecule has 0 heterocycles. The molecule has 164 valence electrons. The Balaban J connectivity index is 1.93. The van der Waals surface area contributed by atoms with Crippen molar-refractivity contribution in [2.75, 3.05) is 0 Å². The van der Waals surface area contributed by atoms with Crippen LogP contribution in [0.4, 0.5) is 0 Å². The van der Waals surface area contributed by atoms with Crippen LogP contribution in [0.25, 0.3) is 32.7 Å². The van der Waals surface area contributed by atoms with E-state index in [4.69, 9.17) is 0 Å². The largest absolute Gasteiger partial charge is 0.507 e. The van der Waals surface area contributed by atoms with Crippen LogP contribution in [0.1, 0.15) is 51.3 Å². The molecule has 4 aromatic rings. The number of aryl methyl sites for hydroxylation is 1. The van der Waals surface area contributed by atoms with Crippen LogP contribution in [-0.4, -0.2) is 5.11 Å². The van der Waals surface area contributed by atoms with Crippen LogP contribution in [-0.2, 0) is 0 Å². The van der Waals surface area contributed by atoms with Gasteiger partial charge in [-0.1, -0.05) is 67.9 Å². The van der Waals surface area contributed by atoms with Crippen LogP contribution in [0.15, 0.2) is 60.7 Å². The number of aromatic hydroxyl groups is 1. The van der Waals surface area contributed by atoms with E-state index >= 15 is 0 Å². The molecule has 4 aromatic carbocycles. The minimum Gasteiger partial charge on any atom is -0.507 e.